The second-order valence-corrected chi connectivity index (χ2v) is 7.64. The number of rotatable bonds is 7. The molecule has 2 heterocycles. The Morgan fingerprint density at radius 2 is 1.59 bits per heavy atom. The zero-order chi connectivity index (χ0) is 24.3. The molecule has 2 aromatic heterocycles. The Morgan fingerprint density at radius 1 is 0.971 bits per heavy atom. The second-order valence-electron chi connectivity index (χ2n) is 7.64. The van der Waals surface area contributed by atoms with Crippen LogP contribution in [0.5, 0.6) is 17.2 Å². The minimum Gasteiger partial charge on any atom is -0.457 e. The first-order valence-electron chi connectivity index (χ1n) is 10.6. The lowest BCUT2D eigenvalue weighted by Gasteiger charge is -2.11. The summed E-state index contributed by atoms with van der Waals surface area (Å²) in [6, 6.07) is 16.0. The molecule has 4 rings (SSSR count). The fourth-order valence-electron chi connectivity index (χ4n) is 3.47. The molecule has 4 aromatic rings. The minimum atomic E-state index is -4.74. The number of aromatic nitrogens is 2. The van der Waals surface area contributed by atoms with Gasteiger partial charge in [0.15, 0.2) is 0 Å². The van der Waals surface area contributed by atoms with Crippen molar-refractivity contribution in [3.8, 4) is 17.2 Å². The molecule has 0 saturated heterocycles. The summed E-state index contributed by atoms with van der Waals surface area (Å²) in [7, 11) is 0. The lowest BCUT2D eigenvalue weighted by Crippen LogP contribution is -2.25. The average molecular weight is 469 g/mol. The summed E-state index contributed by atoms with van der Waals surface area (Å²) >= 11 is 0. The molecule has 0 spiro atoms. The molecule has 176 valence electrons. The van der Waals surface area contributed by atoms with Crippen molar-refractivity contribution >= 4 is 11.6 Å². The fraction of sp³-hybridized carbons (Fsp3) is 0.200. The third-order valence-corrected chi connectivity index (χ3v) is 5.06. The Hall–Kier alpha value is -4.01. The molecule has 0 aliphatic heterocycles. The molecule has 1 amide bonds. The van der Waals surface area contributed by atoms with Gasteiger partial charge < -0.3 is 14.8 Å². The summed E-state index contributed by atoms with van der Waals surface area (Å²) in [5.74, 6) is 0.338. The largest absolute Gasteiger partial charge is 0.573 e. The van der Waals surface area contributed by atoms with Gasteiger partial charge in [-0.05, 0) is 66.9 Å². The minimum absolute atomic E-state index is 0.212. The number of imidazole rings is 1. The highest BCUT2D eigenvalue weighted by molar-refractivity contribution is 5.94. The van der Waals surface area contributed by atoms with Crippen LogP contribution < -0.4 is 14.8 Å². The molecule has 0 saturated carbocycles. The van der Waals surface area contributed by atoms with Gasteiger partial charge in [0.2, 0.25) is 0 Å². The summed E-state index contributed by atoms with van der Waals surface area (Å²) in [6.07, 6.45) is -2.21. The number of benzene rings is 2. The van der Waals surface area contributed by atoms with Crippen molar-refractivity contribution in [2.45, 2.75) is 33.2 Å². The molecule has 0 aliphatic rings. The van der Waals surface area contributed by atoms with Crippen molar-refractivity contribution in [2.24, 2.45) is 0 Å². The topological polar surface area (TPSA) is 64.9 Å². The number of pyridine rings is 1. The first-order valence-corrected chi connectivity index (χ1v) is 10.6. The highest BCUT2D eigenvalue weighted by Crippen LogP contribution is 2.27. The van der Waals surface area contributed by atoms with Crippen molar-refractivity contribution in [1.82, 2.24) is 14.7 Å². The first-order chi connectivity index (χ1) is 16.2. The predicted octanol–water partition coefficient (Wildman–Crippen LogP) is 5.83. The third-order valence-electron chi connectivity index (χ3n) is 5.06. The highest BCUT2D eigenvalue weighted by atomic mass is 19.4. The van der Waals surface area contributed by atoms with Gasteiger partial charge in [0.25, 0.3) is 5.91 Å². The van der Waals surface area contributed by atoms with E-state index < -0.39 is 6.36 Å². The lowest BCUT2D eigenvalue weighted by molar-refractivity contribution is -0.274. The van der Waals surface area contributed by atoms with Gasteiger partial charge in [-0.1, -0.05) is 25.1 Å². The number of amides is 1. The molecule has 0 radical (unpaired) electrons. The van der Waals surface area contributed by atoms with Crippen LogP contribution in [0.3, 0.4) is 0 Å². The van der Waals surface area contributed by atoms with E-state index in [9.17, 15) is 18.0 Å². The summed E-state index contributed by atoms with van der Waals surface area (Å²) in [6.45, 7) is 4.23. The van der Waals surface area contributed by atoms with E-state index in [0.717, 1.165) is 22.5 Å². The van der Waals surface area contributed by atoms with E-state index in [4.69, 9.17) is 4.74 Å². The standard InChI is InChI=1S/C25H22F3N3O3/c1-3-21-23(31-15-16(2)4-13-22(31)30-21)24(32)29-14-17-5-7-18(8-6-17)33-19-9-11-20(12-10-19)34-25(26,27)28/h4-13,15H,3,14H2,1-2H3,(H,29,32). The maximum atomic E-state index is 12.9. The highest BCUT2D eigenvalue weighted by Gasteiger charge is 2.31. The maximum Gasteiger partial charge on any atom is 0.573 e. The summed E-state index contributed by atoms with van der Waals surface area (Å²) < 4.78 is 48.1. The van der Waals surface area contributed by atoms with Crippen LogP contribution >= 0.6 is 0 Å². The predicted molar refractivity (Wildman–Crippen MR) is 120 cm³/mol. The molecule has 34 heavy (non-hydrogen) atoms. The molecule has 0 bridgehead atoms. The quantitative estimate of drug-likeness (QED) is 0.370. The molecular weight excluding hydrogens is 447 g/mol. The number of carbonyl (C=O) groups excluding carboxylic acids is 1. The number of hydrogen-bond acceptors (Lipinski definition) is 4. The zero-order valence-corrected chi connectivity index (χ0v) is 18.5. The molecule has 0 atom stereocenters. The molecular formula is C25H22F3N3O3. The summed E-state index contributed by atoms with van der Waals surface area (Å²) in [5, 5.41) is 2.94. The van der Waals surface area contributed by atoms with Crippen LogP contribution in [0, 0.1) is 6.92 Å². The normalized spacial score (nSPS) is 11.4. The second kappa shape index (κ2) is 9.46. The zero-order valence-electron chi connectivity index (χ0n) is 18.5. The van der Waals surface area contributed by atoms with Gasteiger partial charge in [-0.2, -0.15) is 0 Å². The first kappa shape index (κ1) is 23.2. The maximum absolute atomic E-state index is 12.9. The van der Waals surface area contributed by atoms with Gasteiger partial charge in [0.05, 0.1) is 5.69 Å². The van der Waals surface area contributed by atoms with Crippen molar-refractivity contribution in [1.29, 1.82) is 0 Å². The molecule has 0 fully saturated rings. The van der Waals surface area contributed by atoms with Gasteiger partial charge in [-0.3, -0.25) is 9.20 Å². The molecule has 0 unspecified atom stereocenters. The molecule has 6 nitrogen and oxygen atoms in total. The van der Waals surface area contributed by atoms with Gasteiger partial charge in [-0.15, -0.1) is 13.2 Å². The van der Waals surface area contributed by atoms with Crippen molar-refractivity contribution in [2.75, 3.05) is 0 Å². The number of carbonyl (C=O) groups is 1. The van der Waals surface area contributed by atoms with Crippen LogP contribution in [-0.2, 0) is 13.0 Å². The van der Waals surface area contributed by atoms with E-state index in [1.807, 2.05) is 36.6 Å². The number of ether oxygens (including phenoxy) is 2. The molecule has 0 aliphatic carbocycles. The average Bonchev–Trinajstić information content (AvgIpc) is 3.16. The monoisotopic (exact) mass is 469 g/mol. The van der Waals surface area contributed by atoms with E-state index in [1.54, 1.807) is 24.3 Å². The van der Waals surface area contributed by atoms with E-state index in [0.29, 0.717) is 30.2 Å². The summed E-state index contributed by atoms with van der Waals surface area (Å²) in [5.41, 5.74) is 3.88. The van der Waals surface area contributed by atoms with Crippen LogP contribution in [0.4, 0.5) is 13.2 Å². The Labute approximate surface area is 194 Å². The van der Waals surface area contributed by atoms with E-state index >= 15 is 0 Å². The molecule has 9 heteroatoms. The number of nitrogens with zero attached hydrogens (tertiary/aromatic N) is 2. The lowest BCUT2D eigenvalue weighted by atomic mass is 10.2. The van der Waals surface area contributed by atoms with Crippen molar-refractivity contribution < 1.29 is 27.4 Å². The SMILES string of the molecule is CCc1nc2ccc(C)cn2c1C(=O)NCc1ccc(Oc2ccc(OC(F)(F)F)cc2)cc1. The third kappa shape index (κ3) is 5.48. The van der Waals surface area contributed by atoms with Gasteiger partial charge in [0.1, 0.15) is 28.6 Å². The Morgan fingerprint density at radius 3 is 2.21 bits per heavy atom. The van der Waals surface area contributed by atoms with E-state index in [-0.39, 0.29) is 11.7 Å². The molecule has 2 aromatic carbocycles. The van der Waals surface area contributed by atoms with E-state index in [1.165, 1.54) is 24.3 Å². The Bertz CT molecular complexity index is 1300. The Kier molecular flexibility index (Phi) is 6.45. The fourth-order valence-corrected chi connectivity index (χ4v) is 3.47. The van der Waals surface area contributed by atoms with Crippen molar-refractivity contribution in [3.63, 3.8) is 0 Å². The van der Waals surface area contributed by atoms with Crippen LogP contribution in [-0.4, -0.2) is 21.7 Å². The van der Waals surface area contributed by atoms with Gasteiger partial charge in [-0.25, -0.2) is 4.98 Å². The number of alkyl halides is 3. The number of hydrogen-bond donors (Lipinski definition) is 1. The van der Waals surface area contributed by atoms with Crippen molar-refractivity contribution in [3.05, 3.63) is 89.4 Å². The van der Waals surface area contributed by atoms with Crippen LogP contribution in [0.2, 0.25) is 0 Å². The van der Waals surface area contributed by atoms with E-state index in [2.05, 4.69) is 15.0 Å². The number of halogens is 3. The smallest absolute Gasteiger partial charge is 0.457 e. The Balaban J connectivity index is 1.38. The van der Waals surface area contributed by atoms with Crippen LogP contribution in [0.15, 0.2) is 66.9 Å². The number of aryl methyl sites for hydroxylation is 2. The summed E-state index contributed by atoms with van der Waals surface area (Å²) in [4.78, 5) is 17.5. The van der Waals surface area contributed by atoms with Gasteiger partial charge >= 0.3 is 6.36 Å². The molecule has 1 N–H and O–H groups in total. The number of nitrogens with one attached hydrogen (secondary N) is 1. The van der Waals surface area contributed by atoms with Crippen LogP contribution in [0.1, 0.15) is 34.2 Å². The number of fused-ring (bicyclic) bond motifs is 1. The van der Waals surface area contributed by atoms with Gasteiger partial charge in [0, 0.05) is 12.7 Å². The van der Waals surface area contributed by atoms with Crippen LogP contribution in [0.25, 0.3) is 5.65 Å².